The number of anilines is 1. The number of methoxy groups -OCH3 is 1. The normalized spacial score (nSPS) is 10.8. The van der Waals surface area contributed by atoms with E-state index in [1.165, 1.54) is 19.2 Å². The van der Waals surface area contributed by atoms with Gasteiger partial charge < -0.3 is 30.1 Å². The first-order valence-corrected chi connectivity index (χ1v) is 35.6. The van der Waals surface area contributed by atoms with Crippen LogP contribution in [0.15, 0.2) is 174 Å². The van der Waals surface area contributed by atoms with E-state index >= 15 is 0 Å². The van der Waals surface area contributed by atoms with Gasteiger partial charge in [-0.1, -0.05) is 130 Å². The number of esters is 1. The van der Waals surface area contributed by atoms with Crippen LogP contribution >= 0.6 is 66.7 Å². The second kappa shape index (κ2) is 50.1. The van der Waals surface area contributed by atoms with Crippen molar-refractivity contribution in [1.29, 1.82) is 0 Å². The van der Waals surface area contributed by atoms with Gasteiger partial charge in [-0.25, -0.2) is 40.5 Å². The van der Waals surface area contributed by atoms with E-state index in [9.17, 15) is 28.8 Å². The second-order valence-electron chi connectivity index (χ2n) is 22.1. The highest BCUT2D eigenvalue weighted by molar-refractivity contribution is 9.28. The molecule has 4 amide bonds. The molecular weight excluding hydrogens is 1570 g/mol. The van der Waals surface area contributed by atoms with Crippen LogP contribution in [0.3, 0.4) is 0 Å². The molecule has 0 aliphatic carbocycles. The summed E-state index contributed by atoms with van der Waals surface area (Å²) in [6.07, 6.45) is 13.4. The number of rotatable bonds is 14. The number of aromatic nitrogens is 4. The van der Waals surface area contributed by atoms with E-state index in [-0.39, 0.29) is 29.3 Å². The number of pyridine rings is 4. The lowest BCUT2D eigenvalue weighted by atomic mass is 10.0. The third kappa shape index (κ3) is 34.1. The van der Waals surface area contributed by atoms with E-state index in [2.05, 4.69) is 155 Å². The van der Waals surface area contributed by atoms with Crippen molar-refractivity contribution in [2.45, 2.75) is 60.5 Å². The Bertz CT molecular complexity index is 4760. The van der Waals surface area contributed by atoms with E-state index < -0.39 is 35.8 Å². The number of carbonyl (C=O) groups excluding carboxylic acids is 5. The monoisotopic (exact) mass is 1640 g/mol. The molecule has 1 fully saturated rings. The quantitative estimate of drug-likeness (QED) is 0.0194. The van der Waals surface area contributed by atoms with Crippen LogP contribution in [0.25, 0.3) is 6.08 Å². The molecule has 0 saturated carbocycles. The number of nitrogens with one attached hydrogen (secondary N) is 4. The molecule has 552 valence electrons. The van der Waals surface area contributed by atoms with Crippen molar-refractivity contribution in [3.8, 4) is 83.4 Å². The summed E-state index contributed by atoms with van der Waals surface area (Å²) in [4.78, 5) is 93.6. The lowest BCUT2D eigenvalue weighted by molar-refractivity contribution is -0.136. The lowest BCUT2D eigenvalue weighted by Crippen LogP contribution is -2.49. The largest absolute Gasteiger partial charge is 0.478 e. The van der Waals surface area contributed by atoms with Crippen LogP contribution in [-0.4, -0.2) is 118 Å². The second-order valence-corrected chi connectivity index (χ2v) is 26.0. The molecule has 1 aliphatic rings. The van der Waals surface area contributed by atoms with Crippen LogP contribution < -0.4 is 26.5 Å². The Morgan fingerprint density at radius 3 is 1.23 bits per heavy atom. The summed E-state index contributed by atoms with van der Waals surface area (Å²) in [6.45, 7) is 16.4. The number of nitrogens with zero attached hydrogens (tertiary/aromatic N) is 5. The van der Waals surface area contributed by atoms with Crippen LogP contribution in [0.4, 0.5) is 5.82 Å². The number of ether oxygens (including phenoxy) is 2. The summed E-state index contributed by atoms with van der Waals surface area (Å²) in [5, 5.41) is 24.2. The van der Waals surface area contributed by atoms with Crippen molar-refractivity contribution in [2.75, 3.05) is 44.9 Å². The number of terminal acetylenes is 1. The number of carboxylic acids is 1. The molecule has 0 radical (unpaired) electrons. The van der Waals surface area contributed by atoms with E-state index in [0.717, 1.165) is 44.6 Å². The van der Waals surface area contributed by atoms with E-state index in [4.69, 9.17) is 61.1 Å². The number of morpholine rings is 1. The number of aromatic carboxylic acids is 1. The van der Waals surface area contributed by atoms with Gasteiger partial charge in [0.2, 0.25) is 0 Å². The fourth-order valence-electron chi connectivity index (χ4n) is 8.28. The zero-order chi connectivity index (χ0) is 79.2. The van der Waals surface area contributed by atoms with Crippen LogP contribution in [-0.2, 0) is 23.9 Å². The number of hydroxylamine groups is 2. The predicted molar refractivity (Wildman–Crippen MR) is 427 cm³/mol. The molecule has 2 unspecified atom stereocenters. The van der Waals surface area contributed by atoms with Gasteiger partial charge in [0.25, 0.3) is 23.6 Å². The number of carbonyl (C=O) groups is 6. The van der Waals surface area contributed by atoms with Crippen molar-refractivity contribution < 1.29 is 53.4 Å². The average molecular weight is 1640 g/mol. The van der Waals surface area contributed by atoms with Gasteiger partial charge in [0.05, 0.1) is 41.4 Å². The van der Waals surface area contributed by atoms with E-state index in [0.29, 0.717) is 74.2 Å². The summed E-state index contributed by atoms with van der Waals surface area (Å²) >= 11 is 23.4. The Hall–Kier alpha value is -11.5. The highest BCUT2D eigenvalue weighted by Gasteiger charge is 2.26. The average Bonchev–Trinajstić information content (AvgIpc) is 0.878. The summed E-state index contributed by atoms with van der Waals surface area (Å²) in [7, 11) is 1.37. The molecule has 0 spiro atoms. The summed E-state index contributed by atoms with van der Waals surface area (Å²) in [5.41, 5.74) is 11.6. The van der Waals surface area contributed by atoms with Crippen molar-refractivity contribution in [3.63, 3.8) is 0 Å². The van der Waals surface area contributed by atoms with Crippen LogP contribution in [0.5, 0.6) is 0 Å². The van der Waals surface area contributed by atoms with Crippen molar-refractivity contribution in [1.82, 2.24) is 41.5 Å². The maximum absolute atomic E-state index is 12.5. The highest BCUT2D eigenvalue weighted by Crippen LogP contribution is 2.19. The topological polar surface area (TPSA) is 273 Å². The lowest BCUT2D eigenvalue weighted by Gasteiger charge is -2.27. The van der Waals surface area contributed by atoms with Gasteiger partial charge in [-0.3, -0.25) is 29.2 Å². The van der Waals surface area contributed by atoms with Crippen LogP contribution in [0.1, 0.15) is 134 Å². The number of hydrogen-bond donors (Lipinski definition) is 6. The maximum Gasteiger partial charge on any atom is 0.337 e. The molecule has 4 aromatic carbocycles. The molecule has 2 atom stereocenters. The minimum Gasteiger partial charge on any atom is -0.478 e. The number of hydrogen-bond acceptors (Lipinski definition) is 15. The molecule has 20 nitrogen and oxygen atoms in total. The number of benzene rings is 4. The van der Waals surface area contributed by atoms with Crippen LogP contribution in [0, 0.1) is 95.2 Å². The third-order valence-electron chi connectivity index (χ3n) is 13.8. The molecule has 9 rings (SSSR count). The zero-order valence-corrected chi connectivity index (χ0v) is 65.3. The Labute approximate surface area is 661 Å². The van der Waals surface area contributed by atoms with Crippen LogP contribution in [0.2, 0.25) is 15.5 Å². The first-order chi connectivity index (χ1) is 52.0. The molecule has 0 bridgehead atoms. The molecule has 108 heavy (non-hydrogen) atoms. The summed E-state index contributed by atoms with van der Waals surface area (Å²) in [5.74, 6) is 33.8. The summed E-state index contributed by atoms with van der Waals surface area (Å²) in [6, 6.07) is 39.4. The Balaban J connectivity index is 0.000000300. The first kappa shape index (κ1) is 88.9. The van der Waals surface area contributed by atoms with Crippen molar-refractivity contribution >= 4 is 114 Å². The van der Waals surface area contributed by atoms with Gasteiger partial charge in [-0.05, 0) is 231 Å². The van der Waals surface area contributed by atoms with Gasteiger partial charge >= 0.3 is 11.9 Å². The molecule has 1 saturated heterocycles. The minimum atomic E-state index is -0.959. The summed E-state index contributed by atoms with van der Waals surface area (Å²) < 4.78 is 10.8. The van der Waals surface area contributed by atoms with Gasteiger partial charge in [0.1, 0.15) is 33.4 Å². The molecule has 1 aliphatic heterocycles. The van der Waals surface area contributed by atoms with Gasteiger partial charge in [-0.2, -0.15) is 0 Å². The zero-order valence-electron chi connectivity index (χ0n) is 59.9. The van der Waals surface area contributed by atoms with E-state index in [1.54, 1.807) is 160 Å². The molecule has 4 aromatic heterocycles. The first-order valence-electron chi connectivity index (χ1n) is 32.9. The Morgan fingerprint density at radius 2 is 0.898 bits per heavy atom. The number of amides is 4. The van der Waals surface area contributed by atoms with Crippen molar-refractivity contribution in [3.05, 3.63) is 256 Å². The smallest absolute Gasteiger partial charge is 0.337 e. The van der Waals surface area contributed by atoms with Gasteiger partial charge in [-0.15, -0.1) is 6.42 Å². The van der Waals surface area contributed by atoms with Crippen molar-refractivity contribution in [2.24, 2.45) is 11.8 Å². The predicted octanol–water partition coefficient (Wildman–Crippen LogP) is 13.7. The molecular formula is C83H74Br2Cl3N9O11. The SMILES string of the molecule is C#Cc1ccc(Cl)nc1.CC.CC(C)C(NC(=O)c1ccc(C#CC#Cc2ccc(N3CCOCC3)nc2)cc1)C(=O)NO.CCONC(=O)C(NC(=O)c1ccc(C#CC#Cc2ccc(Cl)nc2)cc1)C(C)C.COC(=O)c1ccc(C=C(Br)Br)cc1.O=C(O)c1ccc(C#CC#Cc2ccc(Cl)nc2)cc1. The Morgan fingerprint density at radius 1 is 0.537 bits per heavy atom. The van der Waals surface area contributed by atoms with Gasteiger partial charge in [0.15, 0.2) is 0 Å². The molecule has 25 heteroatoms. The maximum atomic E-state index is 12.5. The Kier molecular flexibility index (Phi) is 41.2. The van der Waals surface area contributed by atoms with E-state index in [1.807, 2.05) is 58.0 Å². The minimum absolute atomic E-state index is 0.103. The third-order valence-corrected chi connectivity index (χ3v) is 14.9. The standard InChI is InChI=1S/C25H26N4O4.C23H22ClN3O3.C16H8ClNO2.C10H8Br2O2.C7H4ClN.C2H6/c1-18(2)23(25(31)28-32)27-24(30)21-10-7-19(8-11-21)5-3-4-6-20-9-12-22(26-17-20)29-13-15-33-16-14-29;1-4-30-27-23(29)21(16(2)3)26-22(28)19-12-9-17(10-13-19)7-5-6-8-18-11-14-20(24)25-15-18;17-15-10-7-13(11-18-15)4-2-1-3-12-5-8-14(9-6-12)16(19)20;1-14-10(13)8-4-2-7(3-5-8)6-9(11)12;1-2-6-3-4-7(8)9-5-6;1-2/h7-12,17-18,23,32H,13-16H2,1-2H3,(H,27,30)(H,28,31);9-16,21H,4H2,1-3H3,(H,26,28)(H,27,29);5-11H,(H,19,20);2-6H,1H3;1,3-5H;1-2H3. The number of halogens is 5. The molecule has 8 aromatic rings. The molecule has 5 heterocycles. The number of carboxylic acid groups (broad SMARTS) is 1. The molecule has 6 N–H and O–H groups in total. The fourth-order valence-corrected chi connectivity index (χ4v) is 9.15. The van der Waals surface area contributed by atoms with Gasteiger partial charge in [0, 0.05) is 87.9 Å². The highest BCUT2D eigenvalue weighted by atomic mass is 79.9. The fraction of sp³-hybridized carbons (Fsp3) is 0.205.